The molecule has 1 aromatic heterocycles. The Morgan fingerprint density at radius 1 is 1.23 bits per heavy atom. The van der Waals surface area contributed by atoms with Gasteiger partial charge in [-0.2, -0.15) is 0 Å². The van der Waals surface area contributed by atoms with E-state index in [-0.39, 0.29) is 24.0 Å². The van der Waals surface area contributed by atoms with Crippen LogP contribution in [0.3, 0.4) is 0 Å². The van der Waals surface area contributed by atoms with E-state index < -0.39 is 0 Å². The first-order chi connectivity index (χ1) is 12.3. The third kappa shape index (κ3) is 5.70. The maximum absolute atomic E-state index is 4.43. The van der Waals surface area contributed by atoms with E-state index in [9.17, 15) is 0 Å². The molecule has 0 amide bonds. The number of aromatic nitrogens is 1. The average molecular weight is 483 g/mol. The molecule has 7 heteroatoms. The van der Waals surface area contributed by atoms with Gasteiger partial charge in [0.25, 0.3) is 0 Å². The maximum Gasteiger partial charge on any atom is 0.191 e. The molecule has 3 rings (SSSR count). The zero-order chi connectivity index (χ0) is 17.5. The molecule has 0 saturated heterocycles. The lowest BCUT2D eigenvalue weighted by Gasteiger charge is -2.19. The van der Waals surface area contributed by atoms with Crippen molar-refractivity contribution in [1.82, 2.24) is 15.6 Å². The normalized spacial score (nSPS) is 13.6. The van der Waals surface area contributed by atoms with Crippen molar-refractivity contribution in [1.29, 1.82) is 0 Å². The second-order valence-electron chi connectivity index (χ2n) is 5.90. The van der Waals surface area contributed by atoms with Gasteiger partial charge in [0.05, 0.1) is 6.54 Å². The molecular weight excluding hydrogens is 457 g/mol. The van der Waals surface area contributed by atoms with Gasteiger partial charge in [0.15, 0.2) is 5.96 Å². The van der Waals surface area contributed by atoms with E-state index >= 15 is 0 Å². The molecule has 1 aliphatic rings. The highest BCUT2D eigenvalue weighted by Crippen LogP contribution is 2.18. The number of anilines is 1. The largest absolute Gasteiger partial charge is 0.364 e. The van der Waals surface area contributed by atoms with E-state index in [0.29, 0.717) is 6.54 Å². The fourth-order valence-electron chi connectivity index (χ4n) is 2.71. The molecule has 2 heterocycles. The van der Waals surface area contributed by atoms with Crippen molar-refractivity contribution in [2.75, 3.05) is 25.0 Å². The second kappa shape index (κ2) is 10.5. The zero-order valence-corrected chi connectivity index (χ0v) is 18.4. The van der Waals surface area contributed by atoms with Crippen LogP contribution in [0.25, 0.3) is 0 Å². The monoisotopic (exact) mass is 483 g/mol. The molecule has 0 fully saturated rings. The summed E-state index contributed by atoms with van der Waals surface area (Å²) < 4.78 is 0. The van der Waals surface area contributed by atoms with Crippen molar-refractivity contribution < 1.29 is 0 Å². The highest BCUT2D eigenvalue weighted by molar-refractivity contribution is 14.0. The zero-order valence-electron chi connectivity index (χ0n) is 15.2. The van der Waals surface area contributed by atoms with Crippen LogP contribution < -0.4 is 15.5 Å². The lowest BCUT2D eigenvalue weighted by molar-refractivity contribution is 0.804. The number of guanidine groups is 1. The molecule has 26 heavy (non-hydrogen) atoms. The summed E-state index contributed by atoms with van der Waals surface area (Å²) in [6, 6.07) is 8.66. The average Bonchev–Trinajstić information content (AvgIpc) is 3.34. The van der Waals surface area contributed by atoms with Crippen LogP contribution in [0.15, 0.2) is 47.6 Å². The summed E-state index contributed by atoms with van der Waals surface area (Å²) in [6.07, 6.45) is 7.41. The first kappa shape index (κ1) is 20.7. The summed E-state index contributed by atoms with van der Waals surface area (Å²) in [4.78, 5) is 12.4. The molecule has 0 saturated carbocycles. The highest BCUT2D eigenvalue weighted by atomic mass is 127. The third-order valence-corrected chi connectivity index (χ3v) is 5.28. The van der Waals surface area contributed by atoms with Crippen LogP contribution >= 0.6 is 35.3 Å². The van der Waals surface area contributed by atoms with Crippen LogP contribution in [0.4, 0.5) is 5.69 Å². The van der Waals surface area contributed by atoms with E-state index in [1.165, 1.54) is 16.1 Å². The van der Waals surface area contributed by atoms with Crippen molar-refractivity contribution in [2.24, 2.45) is 4.99 Å². The summed E-state index contributed by atoms with van der Waals surface area (Å²) in [5.74, 6) is 0.793. The minimum Gasteiger partial charge on any atom is -0.364 e. The predicted octanol–water partition coefficient (Wildman–Crippen LogP) is 3.56. The van der Waals surface area contributed by atoms with Crippen molar-refractivity contribution in [3.05, 3.63) is 58.1 Å². The fraction of sp³-hybridized carbons (Fsp3) is 0.368. The topological polar surface area (TPSA) is 52.6 Å². The molecule has 1 aromatic carbocycles. The second-order valence-corrected chi connectivity index (χ2v) is 7.10. The molecule has 5 nitrogen and oxygen atoms in total. The van der Waals surface area contributed by atoms with Crippen LogP contribution in [0.2, 0.25) is 0 Å². The summed E-state index contributed by atoms with van der Waals surface area (Å²) in [7, 11) is 1.79. The van der Waals surface area contributed by atoms with Crippen LogP contribution in [0, 0.1) is 0 Å². The standard InChI is InChI=1S/C19H25N5S.HI/c1-3-17-13-21-18(25-17)14-23-19(20-2)22-12-15-7-6-8-16(11-15)24-9-4-5-10-24;/h4-8,11,13H,3,9-10,12,14H2,1-2H3,(H2,20,22,23);1H. The van der Waals surface area contributed by atoms with Crippen LogP contribution in [0.1, 0.15) is 22.4 Å². The van der Waals surface area contributed by atoms with E-state index in [1.54, 1.807) is 18.4 Å². The number of aryl methyl sites for hydroxylation is 1. The maximum atomic E-state index is 4.43. The molecule has 0 aliphatic carbocycles. The van der Waals surface area contributed by atoms with Crippen molar-refractivity contribution in [3.8, 4) is 0 Å². The number of nitrogens with zero attached hydrogens (tertiary/aromatic N) is 3. The SMILES string of the molecule is CCc1cnc(CNC(=NC)NCc2cccc(N3CC=CC3)c2)s1.I. The smallest absolute Gasteiger partial charge is 0.191 e. The minimum atomic E-state index is 0. The Labute approximate surface area is 176 Å². The molecule has 2 N–H and O–H groups in total. The Balaban J connectivity index is 0.00000243. The first-order valence-corrected chi connectivity index (χ1v) is 9.47. The Bertz CT molecular complexity index is 748. The number of rotatable bonds is 6. The van der Waals surface area contributed by atoms with Gasteiger partial charge in [0, 0.05) is 43.4 Å². The number of benzene rings is 1. The van der Waals surface area contributed by atoms with Gasteiger partial charge in [-0.3, -0.25) is 4.99 Å². The van der Waals surface area contributed by atoms with E-state index in [0.717, 1.165) is 37.0 Å². The van der Waals surface area contributed by atoms with E-state index in [2.05, 4.69) is 68.9 Å². The number of nitrogens with one attached hydrogen (secondary N) is 2. The predicted molar refractivity (Wildman–Crippen MR) is 122 cm³/mol. The summed E-state index contributed by atoms with van der Waals surface area (Å²) >= 11 is 1.75. The van der Waals surface area contributed by atoms with Gasteiger partial charge in [-0.15, -0.1) is 35.3 Å². The molecule has 1 aliphatic heterocycles. The Kier molecular flexibility index (Phi) is 8.37. The number of hydrogen-bond donors (Lipinski definition) is 2. The van der Waals surface area contributed by atoms with Crippen LogP contribution in [-0.2, 0) is 19.5 Å². The summed E-state index contributed by atoms with van der Waals surface area (Å²) in [5, 5.41) is 7.79. The van der Waals surface area contributed by atoms with E-state index in [4.69, 9.17) is 0 Å². The number of hydrogen-bond acceptors (Lipinski definition) is 4. The molecule has 0 radical (unpaired) electrons. The molecule has 2 aromatic rings. The van der Waals surface area contributed by atoms with Crippen molar-refractivity contribution in [2.45, 2.75) is 26.4 Å². The first-order valence-electron chi connectivity index (χ1n) is 8.65. The van der Waals surface area contributed by atoms with Crippen molar-refractivity contribution in [3.63, 3.8) is 0 Å². The Hall–Kier alpha value is -1.61. The van der Waals surface area contributed by atoms with Crippen LogP contribution in [-0.4, -0.2) is 31.1 Å². The lowest BCUT2D eigenvalue weighted by Crippen LogP contribution is -2.36. The van der Waals surface area contributed by atoms with Gasteiger partial charge in [-0.25, -0.2) is 4.98 Å². The highest BCUT2D eigenvalue weighted by Gasteiger charge is 2.08. The molecule has 0 unspecified atom stereocenters. The van der Waals surface area contributed by atoms with Crippen molar-refractivity contribution >= 4 is 47.0 Å². The molecular formula is C19H26IN5S. The van der Waals surface area contributed by atoms with Gasteiger partial charge in [0.2, 0.25) is 0 Å². The van der Waals surface area contributed by atoms with Crippen LogP contribution in [0.5, 0.6) is 0 Å². The quantitative estimate of drug-likeness (QED) is 0.286. The van der Waals surface area contributed by atoms with Gasteiger partial charge in [-0.05, 0) is 24.1 Å². The van der Waals surface area contributed by atoms with E-state index in [1.807, 2.05) is 6.20 Å². The summed E-state index contributed by atoms with van der Waals surface area (Å²) in [6.45, 7) is 5.58. The molecule has 0 bridgehead atoms. The number of aliphatic imine (C=N–C) groups is 1. The summed E-state index contributed by atoms with van der Waals surface area (Å²) in [5.41, 5.74) is 2.51. The minimum absolute atomic E-state index is 0. The fourth-order valence-corrected chi connectivity index (χ4v) is 3.51. The van der Waals surface area contributed by atoms with Gasteiger partial charge < -0.3 is 15.5 Å². The number of halogens is 1. The third-order valence-electron chi connectivity index (χ3n) is 4.13. The molecule has 140 valence electrons. The van der Waals surface area contributed by atoms with Gasteiger partial charge in [-0.1, -0.05) is 31.2 Å². The molecule has 0 atom stereocenters. The lowest BCUT2D eigenvalue weighted by atomic mass is 10.2. The Morgan fingerprint density at radius 2 is 2.00 bits per heavy atom. The van der Waals surface area contributed by atoms with Gasteiger partial charge in [0.1, 0.15) is 5.01 Å². The van der Waals surface area contributed by atoms with Gasteiger partial charge >= 0.3 is 0 Å². The number of thiazole rings is 1. The molecule has 0 spiro atoms. The Morgan fingerprint density at radius 3 is 2.69 bits per heavy atom.